The number of rotatable bonds is 1. The van der Waals surface area contributed by atoms with Crippen LogP contribution in [0.4, 0.5) is 13.2 Å². The number of nitrogens with zero attached hydrogens (tertiary/aromatic N) is 2. The molecule has 0 aliphatic carbocycles. The standard InChI is InChI=1S/C11H11F3N2O3/c12-11(13,14)9-2-1-6(3-15-9)10(19)16-4-7(17)8(18)5-16/h1-3,7-8,17-18H,4-5H2. The van der Waals surface area contributed by atoms with Gasteiger partial charge >= 0.3 is 6.18 Å². The third-order valence-corrected chi connectivity index (χ3v) is 2.85. The number of hydrogen-bond acceptors (Lipinski definition) is 4. The topological polar surface area (TPSA) is 73.7 Å². The normalized spacial score (nSPS) is 23.7. The van der Waals surface area contributed by atoms with Crippen molar-refractivity contribution in [1.82, 2.24) is 9.88 Å². The first-order valence-corrected chi connectivity index (χ1v) is 5.47. The number of hydrogen-bond donors (Lipinski definition) is 2. The number of aliphatic hydroxyl groups is 2. The van der Waals surface area contributed by atoms with Gasteiger partial charge in [0.25, 0.3) is 5.91 Å². The first-order chi connectivity index (χ1) is 8.79. The Morgan fingerprint density at radius 2 is 1.84 bits per heavy atom. The highest BCUT2D eigenvalue weighted by Gasteiger charge is 2.34. The van der Waals surface area contributed by atoms with E-state index in [1.165, 1.54) is 4.90 Å². The number of β-amino-alcohol motifs (C(OH)–C–C–N with tert-alkyl or cyclic N) is 2. The summed E-state index contributed by atoms with van der Waals surface area (Å²) >= 11 is 0. The highest BCUT2D eigenvalue weighted by molar-refractivity contribution is 5.94. The number of amides is 1. The molecule has 19 heavy (non-hydrogen) atoms. The molecule has 1 aromatic rings. The van der Waals surface area contributed by atoms with Gasteiger partial charge in [0.05, 0.1) is 17.8 Å². The van der Waals surface area contributed by atoms with E-state index in [0.717, 1.165) is 18.3 Å². The quantitative estimate of drug-likeness (QED) is 0.772. The van der Waals surface area contributed by atoms with Gasteiger partial charge in [0.2, 0.25) is 0 Å². The molecule has 2 unspecified atom stereocenters. The number of aliphatic hydroxyl groups excluding tert-OH is 2. The van der Waals surface area contributed by atoms with E-state index in [0.29, 0.717) is 0 Å². The molecule has 2 heterocycles. The third-order valence-electron chi connectivity index (χ3n) is 2.85. The summed E-state index contributed by atoms with van der Waals surface area (Å²) in [5.74, 6) is -0.572. The molecule has 1 saturated heterocycles. The fourth-order valence-electron chi connectivity index (χ4n) is 1.81. The third kappa shape index (κ3) is 2.85. The van der Waals surface area contributed by atoms with Crippen LogP contribution < -0.4 is 0 Å². The zero-order chi connectivity index (χ0) is 14.2. The molecule has 1 fully saturated rings. The van der Waals surface area contributed by atoms with Crippen molar-refractivity contribution in [1.29, 1.82) is 0 Å². The lowest BCUT2D eigenvalue weighted by atomic mass is 10.2. The summed E-state index contributed by atoms with van der Waals surface area (Å²) in [5, 5.41) is 18.6. The molecule has 2 atom stereocenters. The lowest BCUT2D eigenvalue weighted by Gasteiger charge is -2.15. The van der Waals surface area contributed by atoms with Crippen molar-refractivity contribution in [2.45, 2.75) is 18.4 Å². The Kier molecular flexibility index (Phi) is 3.46. The van der Waals surface area contributed by atoms with Crippen LogP contribution in [0.25, 0.3) is 0 Å². The van der Waals surface area contributed by atoms with Crippen LogP contribution in [0, 0.1) is 0 Å². The number of pyridine rings is 1. The van der Waals surface area contributed by atoms with Crippen molar-refractivity contribution in [3.05, 3.63) is 29.6 Å². The molecule has 0 radical (unpaired) electrons. The highest BCUT2D eigenvalue weighted by Crippen LogP contribution is 2.27. The van der Waals surface area contributed by atoms with Gasteiger partial charge in [0.15, 0.2) is 0 Å². The van der Waals surface area contributed by atoms with E-state index in [4.69, 9.17) is 0 Å². The van der Waals surface area contributed by atoms with E-state index in [9.17, 15) is 28.2 Å². The maximum absolute atomic E-state index is 12.3. The molecular weight excluding hydrogens is 265 g/mol. The number of halogens is 3. The van der Waals surface area contributed by atoms with E-state index >= 15 is 0 Å². The van der Waals surface area contributed by atoms with Crippen molar-refractivity contribution in [2.24, 2.45) is 0 Å². The maximum Gasteiger partial charge on any atom is 0.433 e. The number of carbonyl (C=O) groups is 1. The van der Waals surface area contributed by atoms with Crippen LogP contribution in [0.15, 0.2) is 18.3 Å². The van der Waals surface area contributed by atoms with Gasteiger partial charge in [-0.05, 0) is 12.1 Å². The van der Waals surface area contributed by atoms with Crippen molar-refractivity contribution in [3.63, 3.8) is 0 Å². The zero-order valence-electron chi connectivity index (χ0n) is 9.63. The molecule has 1 aromatic heterocycles. The molecule has 2 rings (SSSR count). The highest BCUT2D eigenvalue weighted by atomic mass is 19.4. The first-order valence-electron chi connectivity index (χ1n) is 5.47. The van der Waals surface area contributed by atoms with E-state index in [1.54, 1.807) is 0 Å². The van der Waals surface area contributed by atoms with E-state index in [2.05, 4.69) is 4.98 Å². The largest absolute Gasteiger partial charge is 0.433 e. The van der Waals surface area contributed by atoms with Crippen LogP contribution in [0.5, 0.6) is 0 Å². The van der Waals surface area contributed by atoms with Crippen LogP contribution >= 0.6 is 0 Å². The minimum atomic E-state index is -4.55. The molecular formula is C11H11F3N2O3. The second-order valence-corrected chi connectivity index (χ2v) is 4.27. The fraction of sp³-hybridized carbons (Fsp3) is 0.455. The predicted molar refractivity (Wildman–Crippen MR) is 57.2 cm³/mol. The van der Waals surface area contributed by atoms with E-state index in [1.807, 2.05) is 0 Å². The molecule has 0 aromatic carbocycles. The van der Waals surface area contributed by atoms with Crippen LogP contribution in [0.2, 0.25) is 0 Å². The second-order valence-electron chi connectivity index (χ2n) is 4.27. The van der Waals surface area contributed by atoms with Gasteiger partial charge in [-0.3, -0.25) is 9.78 Å². The molecule has 1 aliphatic heterocycles. The van der Waals surface area contributed by atoms with Gasteiger partial charge < -0.3 is 15.1 Å². The molecule has 0 bridgehead atoms. The summed E-state index contributed by atoms with van der Waals surface area (Å²) in [6.07, 6.45) is -5.79. The van der Waals surface area contributed by atoms with Crippen LogP contribution in [0.3, 0.4) is 0 Å². The Labute approximate surface area is 106 Å². The second kappa shape index (κ2) is 4.78. The minimum Gasteiger partial charge on any atom is -0.388 e. The van der Waals surface area contributed by atoms with Crippen molar-refractivity contribution in [3.8, 4) is 0 Å². The number of alkyl halides is 3. The van der Waals surface area contributed by atoms with Crippen LogP contribution in [0.1, 0.15) is 16.1 Å². The number of carbonyl (C=O) groups excluding carboxylic acids is 1. The van der Waals surface area contributed by atoms with E-state index < -0.39 is 30.0 Å². The van der Waals surface area contributed by atoms with E-state index in [-0.39, 0.29) is 18.7 Å². The lowest BCUT2D eigenvalue weighted by molar-refractivity contribution is -0.141. The van der Waals surface area contributed by atoms with Gasteiger partial charge in [0, 0.05) is 19.3 Å². The van der Waals surface area contributed by atoms with Crippen LogP contribution in [-0.2, 0) is 6.18 Å². The zero-order valence-corrected chi connectivity index (χ0v) is 9.63. The molecule has 1 amide bonds. The summed E-state index contributed by atoms with van der Waals surface area (Å²) in [5.41, 5.74) is -1.10. The Bertz CT molecular complexity index is 465. The van der Waals surface area contributed by atoms with Crippen LogP contribution in [-0.4, -0.2) is 51.3 Å². The molecule has 5 nitrogen and oxygen atoms in total. The molecule has 0 spiro atoms. The Hall–Kier alpha value is -1.67. The summed E-state index contributed by atoms with van der Waals surface area (Å²) in [4.78, 5) is 16.2. The van der Waals surface area contributed by atoms with Crippen molar-refractivity contribution >= 4 is 5.91 Å². The smallest absolute Gasteiger partial charge is 0.388 e. The maximum atomic E-state index is 12.3. The van der Waals surface area contributed by atoms with Gasteiger partial charge in [-0.25, -0.2) is 0 Å². The Balaban J connectivity index is 2.13. The first kappa shape index (κ1) is 13.8. The van der Waals surface area contributed by atoms with Crippen molar-refractivity contribution < 1.29 is 28.2 Å². The Morgan fingerprint density at radius 1 is 1.26 bits per heavy atom. The average Bonchev–Trinajstić information content (AvgIpc) is 2.68. The van der Waals surface area contributed by atoms with Gasteiger partial charge in [0.1, 0.15) is 5.69 Å². The molecule has 1 aliphatic rings. The minimum absolute atomic E-state index is 0.0192. The van der Waals surface area contributed by atoms with Crippen molar-refractivity contribution in [2.75, 3.05) is 13.1 Å². The molecule has 104 valence electrons. The summed E-state index contributed by atoms with van der Waals surface area (Å²) in [7, 11) is 0. The molecule has 8 heteroatoms. The lowest BCUT2D eigenvalue weighted by Crippen LogP contribution is -2.30. The molecule has 2 N–H and O–H groups in total. The molecule has 0 saturated carbocycles. The Morgan fingerprint density at radius 3 is 2.26 bits per heavy atom. The number of aromatic nitrogens is 1. The SMILES string of the molecule is O=C(c1ccc(C(F)(F)F)nc1)N1CC(O)C(O)C1. The van der Waals surface area contributed by atoms with Gasteiger partial charge in [-0.2, -0.15) is 13.2 Å². The van der Waals surface area contributed by atoms with Gasteiger partial charge in [-0.15, -0.1) is 0 Å². The summed E-state index contributed by atoms with van der Waals surface area (Å²) < 4.78 is 36.9. The van der Waals surface area contributed by atoms with Gasteiger partial charge in [-0.1, -0.05) is 0 Å². The number of likely N-dealkylation sites (tertiary alicyclic amines) is 1. The summed E-state index contributed by atoms with van der Waals surface area (Å²) in [6, 6.07) is 1.74. The average molecular weight is 276 g/mol. The summed E-state index contributed by atoms with van der Waals surface area (Å²) in [6.45, 7) is -0.109. The fourth-order valence-corrected chi connectivity index (χ4v) is 1.81. The predicted octanol–water partition coefficient (Wildman–Crippen LogP) is 0.278. The monoisotopic (exact) mass is 276 g/mol.